The lowest BCUT2D eigenvalue weighted by molar-refractivity contribution is 0.407. The van der Waals surface area contributed by atoms with E-state index in [0.29, 0.717) is 0 Å². The number of rotatable bonds is 2. The van der Waals surface area contributed by atoms with Crippen LogP contribution in [0.5, 0.6) is 5.75 Å². The molecule has 3 nitrogen and oxygen atoms in total. The van der Waals surface area contributed by atoms with Gasteiger partial charge < -0.3 is 9.64 Å². The van der Waals surface area contributed by atoms with Crippen molar-refractivity contribution < 1.29 is 4.74 Å². The SMILES string of the molecule is COc1cccc2c1CCN(c1ccnc3c(C)cccc13)C2. The Morgan fingerprint density at radius 1 is 1.09 bits per heavy atom. The number of hydrogen-bond donors (Lipinski definition) is 0. The van der Waals surface area contributed by atoms with Crippen molar-refractivity contribution in [2.24, 2.45) is 0 Å². The summed E-state index contributed by atoms with van der Waals surface area (Å²) in [5.74, 6) is 1.01. The molecule has 0 atom stereocenters. The first-order valence-electron chi connectivity index (χ1n) is 8.02. The highest BCUT2D eigenvalue weighted by atomic mass is 16.5. The molecular weight excluding hydrogens is 284 g/mol. The summed E-state index contributed by atoms with van der Waals surface area (Å²) in [6, 6.07) is 14.9. The zero-order valence-electron chi connectivity index (χ0n) is 13.5. The maximum absolute atomic E-state index is 5.51. The molecule has 116 valence electrons. The summed E-state index contributed by atoms with van der Waals surface area (Å²) in [4.78, 5) is 7.01. The number of anilines is 1. The summed E-state index contributed by atoms with van der Waals surface area (Å²) in [6.45, 7) is 4.04. The number of methoxy groups -OCH3 is 1. The summed E-state index contributed by atoms with van der Waals surface area (Å²) >= 11 is 0. The van der Waals surface area contributed by atoms with Crippen molar-refractivity contribution in [1.29, 1.82) is 0 Å². The van der Waals surface area contributed by atoms with Gasteiger partial charge in [-0.3, -0.25) is 4.98 Å². The molecule has 2 aromatic carbocycles. The van der Waals surface area contributed by atoms with E-state index in [2.05, 4.69) is 59.3 Å². The van der Waals surface area contributed by atoms with Crippen molar-refractivity contribution in [2.45, 2.75) is 19.9 Å². The summed E-state index contributed by atoms with van der Waals surface area (Å²) < 4.78 is 5.51. The normalized spacial score (nSPS) is 13.9. The molecule has 0 spiro atoms. The van der Waals surface area contributed by atoms with E-state index in [1.807, 2.05) is 6.20 Å². The van der Waals surface area contributed by atoms with Crippen LogP contribution in [0.2, 0.25) is 0 Å². The Kier molecular flexibility index (Phi) is 3.41. The first kappa shape index (κ1) is 14.1. The third kappa shape index (κ3) is 2.33. The molecular formula is C20H20N2O. The minimum absolute atomic E-state index is 0.916. The molecule has 0 saturated heterocycles. The average Bonchev–Trinajstić information content (AvgIpc) is 2.60. The highest BCUT2D eigenvalue weighted by Crippen LogP contribution is 2.33. The van der Waals surface area contributed by atoms with Gasteiger partial charge in [-0.05, 0) is 36.6 Å². The smallest absolute Gasteiger partial charge is 0.122 e. The van der Waals surface area contributed by atoms with Crippen molar-refractivity contribution >= 4 is 16.6 Å². The molecule has 0 unspecified atom stereocenters. The third-order valence-electron chi connectivity index (χ3n) is 4.73. The number of aromatic nitrogens is 1. The molecule has 0 bridgehead atoms. The molecule has 0 saturated carbocycles. The molecule has 1 aliphatic rings. The fourth-order valence-corrected chi connectivity index (χ4v) is 3.56. The second-order valence-electron chi connectivity index (χ2n) is 6.07. The van der Waals surface area contributed by atoms with Crippen LogP contribution in [-0.4, -0.2) is 18.6 Å². The van der Waals surface area contributed by atoms with Crippen LogP contribution in [0.15, 0.2) is 48.7 Å². The van der Waals surface area contributed by atoms with Gasteiger partial charge >= 0.3 is 0 Å². The second kappa shape index (κ2) is 5.58. The van der Waals surface area contributed by atoms with Gasteiger partial charge in [-0.25, -0.2) is 0 Å². The molecule has 0 aliphatic carbocycles. The van der Waals surface area contributed by atoms with Crippen molar-refractivity contribution in [3.05, 3.63) is 65.4 Å². The number of para-hydroxylation sites is 1. The molecule has 0 amide bonds. The monoisotopic (exact) mass is 304 g/mol. The van der Waals surface area contributed by atoms with Gasteiger partial charge in [0.2, 0.25) is 0 Å². The van der Waals surface area contributed by atoms with Gasteiger partial charge in [0.15, 0.2) is 0 Å². The van der Waals surface area contributed by atoms with Crippen molar-refractivity contribution in [3.8, 4) is 5.75 Å². The van der Waals surface area contributed by atoms with Crippen LogP contribution in [0.3, 0.4) is 0 Å². The molecule has 2 heterocycles. The van der Waals surface area contributed by atoms with Crippen LogP contribution >= 0.6 is 0 Å². The van der Waals surface area contributed by atoms with E-state index in [9.17, 15) is 0 Å². The second-order valence-corrected chi connectivity index (χ2v) is 6.07. The van der Waals surface area contributed by atoms with Crippen LogP contribution in [0, 0.1) is 6.92 Å². The van der Waals surface area contributed by atoms with E-state index < -0.39 is 0 Å². The predicted octanol–water partition coefficient (Wildman–Crippen LogP) is 4.11. The van der Waals surface area contributed by atoms with Gasteiger partial charge in [0.05, 0.1) is 12.6 Å². The fraction of sp³-hybridized carbons (Fsp3) is 0.250. The first-order valence-corrected chi connectivity index (χ1v) is 8.02. The van der Waals surface area contributed by atoms with Gasteiger partial charge in [-0.2, -0.15) is 0 Å². The molecule has 23 heavy (non-hydrogen) atoms. The van der Waals surface area contributed by atoms with E-state index in [1.54, 1.807) is 7.11 Å². The van der Waals surface area contributed by atoms with E-state index >= 15 is 0 Å². The minimum atomic E-state index is 0.916. The summed E-state index contributed by atoms with van der Waals surface area (Å²) in [7, 11) is 1.75. The summed E-state index contributed by atoms with van der Waals surface area (Å²) in [6.07, 6.45) is 2.93. The Morgan fingerprint density at radius 2 is 1.96 bits per heavy atom. The van der Waals surface area contributed by atoms with Crippen LogP contribution in [0.4, 0.5) is 5.69 Å². The maximum Gasteiger partial charge on any atom is 0.122 e. The molecule has 0 N–H and O–H groups in total. The van der Waals surface area contributed by atoms with Gasteiger partial charge in [0.25, 0.3) is 0 Å². The third-order valence-corrected chi connectivity index (χ3v) is 4.73. The molecule has 4 rings (SSSR count). The number of hydrogen-bond acceptors (Lipinski definition) is 3. The lowest BCUT2D eigenvalue weighted by Gasteiger charge is -2.32. The number of ether oxygens (including phenoxy) is 1. The number of pyridine rings is 1. The number of aryl methyl sites for hydroxylation is 1. The Labute approximate surface area is 136 Å². The predicted molar refractivity (Wildman–Crippen MR) is 94.2 cm³/mol. The largest absolute Gasteiger partial charge is 0.496 e. The zero-order valence-corrected chi connectivity index (χ0v) is 13.5. The van der Waals surface area contributed by atoms with Crippen molar-refractivity contribution in [1.82, 2.24) is 4.98 Å². The van der Waals surface area contributed by atoms with E-state index in [-0.39, 0.29) is 0 Å². The Hall–Kier alpha value is -2.55. The van der Waals surface area contributed by atoms with Crippen LogP contribution in [-0.2, 0) is 13.0 Å². The fourth-order valence-electron chi connectivity index (χ4n) is 3.56. The molecule has 3 heteroatoms. The maximum atomic E-state index is 5.51. The average molecular weight is 304 g/mol. The molecule has 1 aromatic heterocycles. The molecule has 0 radical (unpaired) electrons. The van der Waals surface area contributed by atoms with E-state index in [4.69, 9.17) is 4.74 Å². The standard InChI is InChI=1S/C20H20N2O/c1-14-5-3-7-17-18(9-11-21-20(14)17)22-12-10-16-15(13-22)6-4-8-19(16)23-2/h3-9,11H,10,12-13H2,1-2H3. The molecule has 0 fully saturated rings. The van der Waals surface area contributed by atoms with Crippen LogP contribution in [0.25, 0.3) is 10.9 Å². The topological polar surface area (TPSA) is 25.4 Å². The van der Waals surface area contributed by atoms with Crippen molar-refractivity contribution in [3.63, 3.8) is 0 Å². The Balaban J connectivity index is 1.77. The summed E-state index contributed by atoms with van der Waals surface area (Å²) in [5, 5.41) is 1.24. The highest BCUT2D eigenvalue weighted by Gasteiger charge is 2.20. The first-order chi connectivity index (χ1) is 11.3. The van der Waals surface area contributed by atoms with Crippen LogP contribution in [0.1, 0.15) is 16.7 Å². The van der Waals surface area contributed by atoms with E-state index in [0.717, 1.165) is 30.8 Å². The van der Waals surface area contributed by atoms with Crippen LogP contribution < -0.4 is 9.64 Å². The number of fused-ring (bicyclic) bond motifs is 2. The number of benzene rings is 2. The van der Waals surface area contributed by atoms with Crippen molar-refractivity contribution in [2.75, 3.05) is 18.6 Å². The van der Waals surface area contributed by atoms with Gasteiger partial charge in [0.1, 0.15) is 5.75 Å². The lowest BCUT2D eigenvalue weighted by Crippen LogP contribution is -2.30. The van der Waals surface area contributed by atoms with Gasteiger partial charge in [-0.1, -0.05) is 30.3 Å². The Morgan fingerprint density at radius 3 is 2.83 bits per heavy atom. The van der Waals surface area contributed by atoms with Gasteiger partial charge in [0, 0.05) is 35.9 Å². The quantitative estimate of drug-likeness (QED) is 0.712. The molecule has 1 aliphatic heterocycles. The lowest BCUT2D eigenvalue weighted by atomic mass is 9.97. The minimum Gasteiger partial charge on any atom is -0.496 e. The zero-order chi connectivity index (χ0) is 15.8. The Bertz CT molecular complexity index is 873. The highest BCUT2D eigenvalue weighted by molar-refractivity contribution is 5.93. The summed E-state index contributed by atoms with van der Waals surface area (Å²) in [5.41, 5.74) is 6.30. The number of nitrogens with zero attached hydrogens (tertiary/aromatic N) is 2. The van der Waals surface area contributed by atoms with E-state index in [1.165, 1.54) is 27.8 Å². The van der Waals surface area contributed by atoms with Gasteiger partial charge in [-0.15, -0.1) is 0 Å². The molecule has 3 aromatic rings.